The molecule has 1 amide bonds. The average Bonchev–Trinajstić information content (AvgIpc) is 2.80. The first-order valence-corrected chi connectivity index (χ1v) is 5.34. The fourth-order valence-electron chi connectivity index (χ4n) is 1.47. The van der Waals surface area contributed by atoms with Crippen LogP contribution in [0.1, 0.15) is 11.4 Å². The van der Waals surface area contributed by atoms with Crippen molar-refractivity contribution in [1.29, 1.82) is 5.26 Å². The van der Waals surface area contributed by atoms with Crippen molar-refractivity contribution in [2.45, 2.75) is 13.5 Å². The fraction of sp³-hybridized carbons (Fsp3) is 0.167. The summed E-state index contributed by atoms with van der Waals surface area (Å²) in [5, 5.41) is 15.2. The number of anilines is 1. The van der Waals surface area contributed by atoms with Crippen molar-refractivity contribution < 1.29 is 4.79 Å². The lowest BCUT2D eigenvalue weighted by atomic mass is 10.2. The zero-order chi connectivity index (χ0) is 13.0. The van der Waals surface area contributed by atoms with E-state index in [0.29, 0.717) is 0 Å². The highest BCUT2D eigenvalue weighted by Gasteiger charge is 2.07. The molecule has 0 aliphatic carbocycles. The number of aryl methyl sites for hydroxylation is 1. The van der Waals surface area contributed by atoms with Crippen LogP contribution in [0.4, 0.5) is 5.69 Å². The number of hydrogen-bond acceptors (Lipinski definition) is 4. The molecule has 6 nitrogen and oxygen atoms in total. The van der Waals surface area contributed by atoms with Crippen LogP contribution in [0.15, 0.2) is 30.6 Å². The van der Waals surface area contributed by atoms with E-state index < -0.39 is 0 Å². The molecule has 0 radical (unpaired) electrons. The number of benzene rings is 1. The SMILES string of the molecule is Cc1ccccc1NC(=O)Cn1cnc(C#N)n1. The van der Waals surface area contributed by atoms with Gasteiger partial charge in [0.2, 0.25) is 5.91 Å². The zero-order valence-corrected chi connectivity index (χ0v) is 9.79. The Balaban J connectivity index is 2.01. The topological polar surface area (TPSA) is 83.6 Å². The minimum absolute atomic E-state index is 0.0308. The Morgan fingerprint density at radius 3 is 2.94 bits per heavy atom. The van der Waals surface area contributed by atoms with Crippen molar-refractivity contribution >= 4 is 11.6 Å². The lowest BCUT2D eigenvalue weighted by molar-refractivity contribution is -0.116. The molecule has 1 aromatic heterocycles. The van der Waals surface area contributed by atoms with Gasteiger partial charge in [0.25, 0.3) is 5.82 Å². The Morgan fingerprint density at radius 1 is 1.50 bits per heavy atom. The molecular formula is C12H11N5O. The van der Waals surface area contributed by atoms with Crippen LogP contribution in [0.25, 0.3) is 0 Å². The van der Waals surface area contributed by atoms with Crippen LogP contribution in [0.5, 0.6) is 0 Å². The normalized spacial score (nSPS) is 9.78. The zero-order valence-electron chi connectivity index (χ0n) is 9.79. The van der Waals surface area contributed by atoms with Gasteiger partial charge in [0.05, 0.1) is 0 Å². The summed E-state index contributed by atoms with van der Waals surface area (Å²) < 4.78 is 1.33. The van der Waals surface area contributed by atoms with E-state index in [2.05, 4.69) is 15.4 Å². The molecule has 0 bridgehead atoms. The number of aromatic nitrogens is 3. The van der Waals surface area contributed by atoms with Crippen LogP contribution in [0.3, 0.4) is 0 Å². The third kappa shape index (κ3) is 2.71. The standard InChI is InChI=1S/C12H11N5O/c1-9-4-2-3-5-10(9)15-12(18)7-17-8-14-11(6-13)16-17/h2-5,8H,7H2,1H3,(H,15,18). The summed E-state index contributed by atoms with van der Waals surface area (Å²) in [7, 11) is 0. The summed E-state index contributed by atoms with van der Waals surface area (Å²) in [5.74, 6) is -0.155. The molecule has 18 heavy (non-hydrogen) atoms. The second-order valence-corrected chi connectivity index (χ2v) is 3.74. The van der Waals surface area contributed by atoms with Crippen LogP contribution < -0.4 is 5.32 Å². The summed E-state index contributed by atoms with van der Waals surface area (Å²) >= 11 is 0. The van der Waals surface area contributed by atoms with Gasteiger partial charge in [-0.15, -0.1) is 5.10 Å². The van der Waals surface area contributed by atoms with Gasteiger partial charge in [-0.05, 0) is 18.6 Å². The number of amides is 1. The molecule has 2 rings (SSSR count). The number of rotatable bonds is 3. The second kappa shape index (κ2) is 5.10. The van der Waals surface area contributed by atoms with Crippen molar-refractivity contribution in [2.75, 3.05) is 5.32 Å². The Bertz CT molecular complexity index is 611. The third-order valence-corrected chi connectivity index (χ3v) is 2.36. The highest BCUT2D eigenvalue weighted by atomic mass is 16.2. The van der Waals surface area contributed by atoms with Gasteiger partial charge in [-0.25, -0.2) is 9.67 Å². The molecule has 1 heterocycles. The van der Waals surface area contributed by atoms with E-state index in [9.17, 15) is 4.79 Å². The van der Waals surface area contributed by atoms with Gasteiger partial charge >= 0.3 is 0 Å². The summed E-state index contributed by atoms with van der Waals surface area (Å²) in [6, 6.07) is 9.31. The summed E-state index contributed by atoms with van der Waals surface area (Å²) in [6.07, 6.45) is 1.36. The molecule has 0 aliphatic rings. The first kappa shape index (κ1) is 11.8. The Morgan fingerprint density at radius 2 is 2.28 bits per heavy atom. The lowest BCUT2D eigenvalue weighted by Gasteiger charge is -2.07. The maximum atomic E-state index is 11.7. The maximum Gasteiger partial charge on any atom is 0.252 e. The molecule has 2 aromatic rings. The summed E-state index contributed by atoms with van der Waals surface area (Å²) in [6.45, 7) is 1.95. The first-order chi connectivity index (χ1) is 8.69. The molecule has 6 heteroatoms. The molecule has 0 saturated carbocycles. The van der Waals surface area contributed by atoms with E-state index >= 15 is 0 Å². The van der Waals surface area contributed by atoms with E-state index in [1.54, 1.807) is 6.07 Å². The number of nitrogens with zero attached hydrogens (tertiary/aromatic N) is 4. The van der Waals surface area contributed by atoms with E-state index in [1.165, 1.54) is 11.0 Å². The minimum Gasteiger partial charge on any atom is -0.324 e. The van der Waals surface area contributed by atoms with Gasteiger partial charge < -0.3 is 5.32 Å². The number of nitrogens with one attached hydrogen (secondary N) is 1. The Labute approximate surface area is 104 Å². The van der Waals surface area contributed by atoms with E-state index in [1.807, 2.05) is 31.2 Å². The number of nitriles is 1. The Hall–Kier alpha value is -2.68. The van der Waals surface area contributed by atoms with E-state index in [-0.39, 0.29) is 18.3 Å². The maximum absolute atomic E-state index is 11.7. The van der Waals surface area contributed by atoms with Crippen molar-refractivity contribution in [3.8, 4) is 6.07 Å². The Kier molecular flexibility index (Phi) is 3.34. The van der Waals surface area contributed by atoms with E-state index in [4.69, 9.17) is 5.26 Å². The third-order valence-electron chi connectivity index (χ3n) is 2.36. The molecule has 0 unspecified atom stereocenters. The van der Waals surface area contributed by atoms with Gasteiger partial charge in [-0.3, -0.25) is 4.79 Å². The molecule has 0 atom stereocenters. The van der Waals surface area contributed by atoms with Gasteiger partial charge in [0.15, 0.2) is 0 Å². The quantitative estimate of drug-likeness (QED) is 0.872. The number of hydrogen-bond donors (Lipinski definition) is 1. The minimum atomic E-state index is -0.210. The predicted molar refractivity (Wildman–Crippen MR) is 64.5 cm³/mol. The highest BCUT2D eigenvalue weighted by Crippen LogP contribution is 2.12. The lowest BCUT2D eigenvalue weighted by Crippen LogP contribution is -2.19. The monoisotopic (exact) mass is 241 g/mol. The van der Waals surface area contributed by atoms with Crippen LogP contribution in [0, 0.1) is 18.3 Å². The molecule has 90 valence electrons. The number of carbonyl (C=O) groups excluding carboxylic acids is 1. The molecule has 0 aliphatic heterocycles. The smallest absolute Gasteiger partial charge is 0.252 e. The second-order valence-electron chi connectivity index (χ2n) is 3.74. The molecule has 1 aromatic carbocycles. The van der Waals surface area contributed by atoms with Gasteiger partial charge in [-0.2, -0.15) is 5.26 Å². The van der Waals surface area contributed by atoms with E-state index in [0.717, 1.165) is 11.3 Å². The van der Waals surface area contributed by atoms with Gasteiger partial charge in [-0.1, -0.05) is 18.2 Å². The van der Waals surface area contributed by atoms with Gasteiger partial charge in [0.1, 0.15) is 18.9 Å². The molecule has 0 spiro atoms. The molecule has 0 saturated heterocycles. The number of carbonyl (C=O) groups is 1. The first-order valence-electron chi connectivity index (χ1n) is 5.34. The summed E-state index contributed by atoms with van der Waals surface area (Å²) in [5.41, 5.74) is 1.75. The molecular weight excluding hydrogens is 230 g/mol. The number of para-hydroxylation sites is 1. The van der Waals surface area contributed by atoms with Gasteiger partial charge in [0, 0.05) is 5.69 Å². The van der Waals surface area contributed by atoms with Crippen LogP contribution in [-0.2, 0) is 11.3 Å². The largest absolute Gasteiger partial charge is 0.324 e. The summed E-state index contributed by atoms with van der Waals surface area (Å²) in [4.78, 5) is 15.5. The van der Waals surface area contributed by atoms with Crippen molar-refractivity contribution in [1.82, 2.24) is 14.8 Å². The predicted octanol–water partition coefficient (Wildman–Crippen LogP) is 1.10. The average molecular weight is 241 g/mol. The highest BCUT2D eigenvalue weighted by molar-refractivity contribution is 5.91. The van der Waals surface area contributed by atoms with Crippen molar-refractivity contribution in [3.63, 3.8) is 0 Å². The van der Waals surface area contributed by atoms with Crippen molar-refractivity contribution in [3.05, 3.63) is 42.0 Å². The van der Waals surface area contributed by atoms with Crippen molar-refractivity contribution in [2.24, 2.45) is 0 Å². The molecule has 1 N–H and O–H groups in total. The fourth-order valence-corrected chi connectivity index (χ4v) is 1.47. The van der Waals surface area contributed by atoms with Crippen LogP contribution in [-0.4, -0.2) is 20.7 Å². The van der Waals surface area contributed by atoms with Crippen LogP contribution >= 0.6 is 0 Å². The molecule has 0 fully saturated rings. The van der Waals surface area contributed by atoms with Crippen LogP contribution in [0.2, 0.25) is 0 Å².